The van der Waals surface area contributed by atoms with E-state index in [2.05, 4.69) is 72.9 Å². The van der Waals surface area contributed by atoms with Gasteiger partial charge in [-0.2, -0.15) is 0 Å². The maximum Gasteiger partial charge on any atom is 0.161 e. The van der Waals surface area contributed by atoms with Crippen molar-refractivity contribution in [2.75, 3.05) is 12.4 Å². The Morgan fingerprint density at radius 3 is 2.45 bits per heavy atom. The SMILES string of the molecule is COc1cc(CNc2cccc3ccccc23)ccc1OCc1ccccc1C. The van der Waals surface area contributed by atoms with Crippen LogP contribution in [0.15, 0.2) is 84.9 Å². The first-order valence-electron chi connectivity index (χ1n) is 9.80. The maximum atomic E-state index is 6.02. The Kier molecular flexibility index (Phi) is 5.66. The molecule has 0 aliphatic heterocycles. The molecule has 0 aliphatic rings. The fraction of sp³-hybridized carbons (Fsp3) is 0.154. The van der Waals surface area contributed by atoms with Gasteiger partial charge in [-0.1, -0.05) is 66.7 Å². The van der Waals surface area contributed by atoms with E-state index < -0.39 is 0 Å². The molecule has 0 amide bonds. The molecule has 0 spiro atoms. The number of rotatable bonds is 7. The molecule has 0 atom stereocenters. The molecule has 0 bridgehead atoms. The lowest BCUT2D eigenvalue weighted by atomic mass is 10.1. The highest BCUT2D eigenvalue weighted by atomic mass is 16.5. The Hall–Kier alpha value is -3.46. The lowest BCUT2D eigenvalue weighted by molar-refractivity contribution is 0.283. The summed E-state index contributed by atoms with van der Waals surface area (Å²) < 4.78 is 11.6. The van der Waals surface area contributed by atoms with Crippen molar-refractivity contribution >= 4 is 16.5 Å². The smallest absolute Gasteiger partial charge is 0.161 e. The lowest BCUT2D eigenvalue weighted by Gasteiger charge is -2.14. The van der Waals surface area contributed by atoms with E-state index >= 15 is 0 Å². The van der Waals surface area contributed by atoms with Gasteiger partial charge in [-0.3, -0.25) is 0 Å². The molecule has 3 nitrogen and oxygen atoms in total. The molecule has 29 heavy (non-hydrogen) atoms. The normalized spacial score (nSPS) is 10.7. The number of nitrogens with one attached hydrogen (secondary N) is 1. The number of benzene rings is 4. The first-order valence-corrected chi connectivity index (χ1v) is 9.80. The third-order valence-corrected chi connectivity index (χ3v) is 5.15. The number of anilines is 1. The summed E-state index contributed by atoms with van der Waals surface area (Å²) in [7, 11) is 1.68. The van der Waals surface area contributed by atoms with Gasteiger partial charge in [-0.15, -0.1) is 0 Å². The summed E-state index contributed by atoms with van der Waals surface area (Å²) in [5, 5.41) is 6.00. The van der Waals surface area contributed by atoms with Gasteiger partial charge in [0.1, 0.15) is 6.61 Å². The first-order chi connectivity index (χ1) is 14.2. The van der Waals surface area contributed by atoms with Crippen LogP contribution in [0, 0.1) is 6.92 Å². The Morgan fingerprint density at radius 2 is 1.59 bits per heavy atom. The topological polar surface area (TPSA) is 30.5 Å². The van der Waals surface area contributed by atoms with Crippen LogP contribution in [-0.4, -0.2) is 7.11 Å². The molecule has 0 heterocycles. The van der Waals surface area contributed by atoms with Crippen molar-refractivity contribution in [2.24, 2.45) is 0 Å². The minimum Gasteiger partial charge on any atom is -0.493 e. The average Bonchev–Trinajstić information content (AvgIpc) is 2.77. The van der Waals surface area contributed by atoms with Crippen LogP contribution in [-0.2, 0) is 13.2 Å². The number of aryl methyl sites for hydroxylation is 1. The Balaban J connectivity index is 1.47. The molecule has 3 heteroatoms. The molecule has 0 unspecified atom stereocenters. The molecular formula is C26H25NO2. The minimum absolute atomic E-state index is 0.524. The van der Waals surface area contributed by atoms with Gasteiger partial charge in [0.05, 0.1) is 7.11 Å². The van der Waals surface area contributed by atoms with Gasteiger partial charge < -0.3 is 14.8 Å². The van der Waals surface area contributed by atoms with Crippen molar-refractivity contribution in [3.05, 3.63) is 102 Å². The average molecular weight is 383 g/mol. The second kappa shape index (κ2) is 8.70. The molecule has 4 rings (SSSR count). The molecule has 146 valence electrons. The Labute approximate surface area is 171 Å². The van der Waals surface area contributed by atoms with Crippen molar-refractivity contribution in [1.29, 1.82) is 0 Å². The van der Waals surface area contributed by atoms with Crippen LogP contribution in [0.3, 0.4) is 0 Å². The zero-order valence-corrected chi connectivity index (χ0v) is 16.8. The second-order valence-corrected chi connectivity index (χ2v) is 7.08. The van der Waals surface area contributed by atoms with Crippen molar-refractivity contribution in [3.63, 3.8) is 0 Å². The van der Waals surface area contributed by atoms with E-state index in [9.17, 15) is 0 Å². The third kappa shape index (κ3) is 4.35. The van der Waals surface area contributed by atoms with E-state index in [4.69, 9.17) is 9.47 Å². The highest BCUT2D eigenvalue weighted by Gasteiger charge is 2.08. The second-order valence-electron chi connectivity index (χ2n) is 7.08. The maximum absolute atomic E-state index is 6.02. The zero-order valence-electron chi connectivity index (χ0n) is 16.8. The van der Waals surface area contributed by atoms with Crippen LogP contribution in [0.1, 0.15) is 16.7 Å². The van der Waals surface area contributed by atoms with E-state index in [0.717, 1.165) is 22.7 Å². The van der Waals surface area contributed by atoms with Gasteiger partial charge >= 0.3 is 0 Å². The van der Waals surface area contributed by atoms with Crippen LogP contribution >= 0.6 is 0 Å². The van der Waals surface area contributed by atoms with Crippen LogP contribution in [0.25, 0.3) is 10.8 Å². The quantitative estimate of drug-likeness (QED) is 0.403. The molecule has 0 fully saturated rings. The Morgan fingerprint density at radius 1 is 0.793 bits per heavy atom. The summed E-state index contributed by atoms with van der Waals surface area (Å²) in [5.74, 6) is 1.50. The summed E-state index contributed by atoms with van der Waals surface area (Å²) in [4.78, 5) is 0. The van der Waals surface area contributed by atoms with Crippen LogP contribution in [0.2, 0.25) is 0 Å². The summed E-state index contributed by atoms with van der Waals surface area (Å²) in [6, 6.07) is 29.1. The molecule has 0 aliphatic carbocycles. The summed E-state index contributed by atoms with van der Waals surface area (Å²) in [6.45, 7) is 3.33. The van der Waals surface area contributed by atoms with Gasteiger partial charge in [0.2, 0.25) is 0 Å². The van der Waals surface area contributed by atoms with Crippen LogP contribution in [0.4, 0.5) is 5.69 Å². The highest BCUT2D eigenvalue weighted by molar-refractivity contribution is 5.93. The van der Waals surface area contributed by atoms with Gasteiger partial charge in [-0.25, -0.2) is 0 Å². The number of hydrogen-bond acceptors (Lipinski definition) is 3. The molecular weight excluding hydrogens is 358 g/mol. The van der Waals surface area contributed by atoms with Gasteiger partial charge in [0.25, 0.3) is 0 Å². The number of methoxy groups -OCH3 is 1. The molecule has 1 N–H and O–H groups in total. The lowest BCUT2D eigenvalue weighted by Crippen LogP contribution is -2.02. The minimum atomic E-state index is 0.524. The first kappa shape index (κ1) is 18.9. The highest BCUT2D eigenvalue weighted by Crippen LogP contribution is 2.30. The van der Waals surface area contributed by atoms with E-state index in [1.54, 1.807) is 7.11 Å². The standard InChI is InChI=1S/C26H25NO2/c1-19-8-3-4-10-22(19)18-29-25-15-14-20(16-26(25)28-2)17-27-24-13-7-11-21-9-5-6-12-23(21)24/h3-16,27H,17-18H2,1-2H3. The van der Waals surface area contributed by atoms with Crippen molar-refractivity contribution in [3.8, 4) is 11.5 Å². The summed E-state index contributed by atoms with van der Waals surface area (Å²) in [6.07, 6.45) is 0. The summed E-state index contributed by atoms with van der Waals surface area (Å²) in [5.41, 5.74) is 4.67. The molecule has 4 aromatic carbocycles. The van der Waals surface area contributed by atoms with Crippen molar-refractivity contribution in [2.45, 2.75) is 20.1 Å². The molecule has 0 saturated carbocycles. The number of hydrogen-bond donors (Lipinski definition) is 1. The van der Waals surface area contributed by atoms with E-state index in [-0.39, 0.29) is 0 Å². The monoisotopic (exact) mass is 383 g/mol. The predicted molar refractivity (Wildman–Crippen MR) is 120 cm³/mol. The largest absolute Gasteiger partial charge is 0.493 e. The molecule has 4 aromatic rings. The van der Waals surface area contributed by atoms with Gasteiger partial charge in [-0.05, 0) is 47.2 Å². The fourth-order valence-corrected chi connectivity index (χ4v) is 3.45. The van der Waals surface area contributed by atoms with E-state index in [1.807, 2.05) is 24.3 Å². The van der Waals surface area contributed by atoms with Crippen molar-refractivity contribution in [1.82, 2.24) is 0 Å². The Bertz CT molecular complexity index is 1120. The van der Waals surface area contributed by atoms with Crippen molar-refractivity contribution < 1.29 is 9.47 Å². The summed E-state index contributed by atoms with van der Waals surface area (Å²) >= 11 is 0. The molecule has 0 saturated heterocycles. The van der Waals surface area contributed by atoms with Gasteiger partial charge in [0, 0.05) is 17.6 Å². The van der Waals surface area contributed by atoms with Crippen LogP contribution in [0.5, 0.6) is 11.5 Å². The van der Waals surface area contributed by atoms with Gasteiger partial charge in [0.15, 0.2) is 11.5 Å². The van der Waals surface area contributed by atoms with E-state index in [1.165, 1.54) is 21.9 Å². The van der Waals surface area contributed by atoms with E-state index in [0.29, 0.717) is 13.2 Å². The zero-order chi connectivity index (χ0) is 20.1. The third-order valence-electron chi connectivity index (χ3n) is 5.15. The van der Waals surface area contributed by atoms with Crippen LogP contribution < -0.4 is 14.8 Å². The predicted octanol–water partition coefficient (Wildman–Crippen LogP) is 6.35. The number of ether oxygens (including phenoxy) is 2. The molecule has 0 aromatic heterocycles. The molecule has 0 radical (unpaired) electrons. The number of fused-ring (bicyclic) bond motifs is 1. The fourth-order valence-electron chi connectivity index (χ4n) is 3.45.